The Bertz CT molecular complexity index is 1630. The van der Waals surface area contributed by atoms with Gasteiger partial charge in [0.15, 0.2) is 11.5 Å². The van der Waals surface area contributed by atoms with E-state index in [2.05, 4.69) is 21.4 Å². The van der Waals surface area contributed by atoms with Gasteiger partial charge >= 0.3 is 5.97 Å². The van der Waals surface area contributed by atoms with E-state index in [1.807, 2.05) is 36.6 Å². The zero-order valence-corrected chi connectivity index (χ0v) is 20.7. The number of methoxy groups -OCH3 is 1. The van der Waals surface area contributed by atoms with Crippen molar-refractivity contribution in [2.75, 3.05) is 18.7 Å². The summed E-state index contributed by atoms with van der Waals surface area (Å²) in [6.45, 7) is 0. The summed E-state index contributed by atoms with van der Waals surface area (Å²) in [6.07, 6.45) is 5.20. The third kappa shape index (κ3) is 4.94. The number of rotatable bonds is 7. The second-order valence-corrected chi connectivity index (χ2v) is 8.56. The average Bonchev–Trinajstić information content (AvgIpc) is 3.34. The van der Waals surface area contributed by atoms with Gasteiger partial charge in [-0.2, -0.15) is 5.26 Å². The maximum absolute atomic E-state index is 11.9. The molecule has 0 aliphatic rings. The maximum atomic E-state index is 11.9. The van der Waals surface area contributed by atoms with Crippen LogP contribution in [-0.2, 0) is 4.74 Å². The number of benzene rings is 2. The topological polar surface area (TPSA) is 114 Å². The fourth-order valence-corrected chi connectivity index (χ4v) is 4.30. The van der Waals surface area contributed by atoms with Gasteiger partial charge in [-0.15, -0.1) is 16.9 Å². The fourth-order valence-electron chi connectivity index (χ4n) is 3.77. The van der Waals surface area contributed by atoms with Crippen LogP contribution in [0, 0.1) is 11.3 Å². The van der Waals surface area contributed by atoms with E-state index in [0.29, 0.717) is 50.4 Å². The van der Waals surface area contributed by atoms with Crippen LogP contribution in [-0.4, -0.2) is 38.9 Å². The Morgan fingerprint density at radius 3 is 2.54 bits per heavy atom. The third-order valence-corrected chi connectivity index (χ3v) is 6.13. The van der Waals surface area contributed by atoms with Crippen LogP contribution in [0.1, 0.15) is 15.9 Å². The highest BCUT2D eigenvalue weighted by molar-refractivity contribution is 7.98. The van der Waals surface area contributed by atoms with E-state index in [4.69, 9.17) is 14.6 Å². The van der Waals surface area contributed by atoms with Crippen LogP contribution in [0.3, 0.4) is 0 Å². The van der Waals surface area contributed by atoms with Crippen molar-refractivity contribution in [1.29, 1.82) is 5.26 Å². The summed E-state index contributed by atoms with van der Waals surface area (Å²) in [4.78, 5) is 20.5. The van der Waals surface area contributed by atoms with Gasteiger partial charge in [0.2, 0.25) is 0 Å². The highest BCUT2D eigenvalue weighted by Gasteiger charge is 2.19. The van der Waals surface area contributed by atoms with Crippen LogP contribution in [0.4, 0.5) is 11.5 Å². The van der Waals surface area contributed by atoms with Crippen molar-refractivity contribution in [2.24, 2.45) is 0 Å². The lowest BCUT2D eigenvalue weighted by molar-refractivity contribution is 0.0600. The number of carbonyl (C=O) groups is 1. The Kier molecular flexibility index (Phi) is 6.70. The first-order chi connectivity index (χ1) is 18.1. The predicted octanol–water partition coefficient (Wildman–Crippen LogP) is 5.71. The normalized spacial score (nSPS) is 10.6. The number of nitrogens with one attached hydrogen (secondary N) is 1. The summed E-state index contributed by atoms with van der Waals surface area (Å²) in [5, 5.41) is 18.5. The quantitative estimate of drug-likeness (QED) is 0.168. The molecule has 10 heteroatoms. The lowest BCUT2D eigenvalue weighted by Crippen LogP contribution is -2.04. The standard InChI is InChI=1S/C27H20N6O3S/c1-35-27(34)18-8-6-17(7-9-18)25-22(16-28)26(37-2)31-24-15-23(32-33(24)25)30-19-4-3-5-21(14-19)36-20-10-12-29-13-11-20/h3-15H,1-2H3,(H,30,32). The summed E-state index contributed by atoms with van der Waals surface area (Å²) >= 11 is 1.38. The molecule has 1 N–H and O–H groups in total. The molecule has 2 aromatic carbocycles. The van der Waals surface area contributed by atoms with E-state index in [0.717, 1.165) is 5.69 Å². The first-order valence-electron chi connectivity index (χ1n) is 11.1. The van der Waals surface area contributed by atoms with E-state index in [9.17, 15) is 10.1 Å². The summed E-state index contributed by atoms with van der Waals surface area (Å²) < 4.78 is 12.3. The van der Waals surface area contributed by atoms with Crippen molar-refractivity contribution in [1.82, 2.24) is 19.6 Å². The zero-order chi connectivity index (χ0) is 25.8. The Morgan fingerprint density at radius 1 is 1.05 bits per heavy atom. The number of thioether (sulfide) groups is 1. The molecule has 0 unspecified atom stereocenters. The minimum atomic E-state index is -0.433. The lowest BCUT2D eigenvalue weighted by atomic mass is 10.1. The number of nitriles is 1. The van der Waals surface area contributed by atoms with Gasteiger partial charge in [0.25, 0.3) is 0 Å². The van der Waals surface area contributed by atoms with E-state index < -0.39 is 5.97 Å². The number of aromatic nitrogens is 4. The van der Waals surface area contributed by atoms with Gasteiger partial charge in [0.1, 0.15) is 28.2 Å². The number of fused-ring (bicyclic) bond motifs is 1. The molecule has 0 saturated heterocycles. The second-order valence-electron chi connectivity index (χ2n) is 7.76. The van der Waals surface area contributed by atoms with Gasteiger partial charge < -0.3 is 14.8 Å². The van der Waals surface area contributed by atoms with E-state index in [1.54, 1.807) is 53.3 Å². The van der Waals surface area contributed by atoms with E-state index >= 15 is 0 Å². The molecule has 3 aromatic heterocycles. The molecule has 5 aromatic rings. The average molecular weight is 509 g/mol. The van der Waals surface area contributed by atoms with Crippen molar-refractivity contribution < 1.29 is 14.3 Å². The van der Waals surface area contributed by atoms with Crippen LogP contribution in [0.5, 0.6) is 11.5 Å². The van der Waals surface area contributed by atoms with Gasteiger partial charge in [-0.25, -0.2) is 14.3 Å². The first kappa shape index (κ1) is 23.8. The summed E-state index contributed by atoms with van der Waals surface area (Å²) in [5.41, 5.74) is 3.45. The highest BCUT2D eigenvalue weighted by Crippen LogP contribution is 2.32. The summed E-state index contributed by atoms with van der Waals surface area (Å²) in [5.74, 6) is 1.45. The van der Waals surface area contributed by atoms with Gasteiger partial charge in [0, 0.05) is 35.8 Å². The van der Waals surface area contributed by atoms with Crippen LogP contribution in [0.15, 0.2) is 84.1 Å². The smallest absolute Gasteiger partial charge is 0.337 e. The molecule has 37 heavy (non-hydrogen) atoms. The number of pyridine rings is 1. The molecule has 0 aliphatic heterocycles. The van der Waals surface area contributed by atoms with Crippen LogP contribution < -0.4 is 10.1 Å². The molecule has 0 fully saturated rings. The number of hydrogen-bond acceptors (Lipinski definition) is 9. The monoisotopic (exact) mass is 508 g/mol. The molecule has 0 atom stereocenters. The molecule has 9 nitrogen and oxygen atoms in total. The SMILES string of the molecule is COC(=O)c1ccc(-c2c(C#N)c(SC)nc3cc(Nc4cccc(Oc5ccncc5)c4)nn23)cc1. The number of ether oxygens (including phenoxy) is 2. The number of anilines is 2. The molecule has 0 saturated carbocycles. The number of hydrogen-bond donors (Lipinski definition) is 1. The lowest BCUT2D eigenvalue weighted by Gasteiger charge is -2.11. The van der Waals surface area contributed by atoms with Gasteiger partial charge in [0.05, 0.1) is 18.4 Å². The van der Waals surface area contributed by atoms with E-state index in [-0.39, 0.29) is 0 Å². The fraction of sp³-hybridized carbons (Fsp3) is 0.0741. The minimum Gasteiger partial charge on any atom is -0.465 e. The van der Waals surface area contributed by atoms with Crippen LogP contribution in [0.25, 0.3) is 16.9 Å². The molecule has 0 radical (unpaired) electrons. The van der Waals surface area contributed by atoms with E-state index in [1.165, 1.54) is 18.9 Å². The molecule has 182 valence electrons. The number of esters is 1. The molecule has 0 amide bonds. The Morgan fingerprint density at radius 2 is 1.84 bits per heavy atom. The van der Waals surface area contributed by atoms with Crippen LogP contribution in [0.2, 0.25) is 0 Å². The Hall–Kier alpha value is -4.88. The van der Waals surface area contributed by atoms with Gasteiger partial charge in [-0.05, 0) is 42.7 Å². The maximum Gasteiger partial charge on any atom is 0.337 e. The summed E-state index contributed by atoms with van der Waals surface area (Å²) in [6, 6.07) is 22.0. The Balaban J connectivity index is 1.53. The van der Waals surface area contributed by atoms with Crippen LogP contribution >= 0.6 is 11.8 Å². The first-order valence-corrected chi connectivity index (χ1v) is 12.3. The van der Waals surface area contributed by atoms with Gasteiger partial charge in [-0.3, -0.25) is 4.98 Å². The minimum absolute atomic E-state index is 0.396. The molecule has 5 rings (SSSR count). The van der Waals surface area contributed by atoms with Gasteiger partial charge in [-0.1, -0.05) is 18.2 Å². The highest BCUT2D eigenvalue weighted by atomic mass is 32.2. The molecular weight excluding hydrogens is 488 g/mol. The number of carbonyl (C=O) groups excluding carboxylic acids is 1. The molecule has 3 heterocycles. The second kappa shape index (κ2) is 10.4. The van der Waals surface area contributed by atoms with Crippen molar-refractivity contribution in [3.05, 3.63) is 90.3 Å². The van der Waals surface area contributed by atoms with Crippen molar-refractivity contribution in [2.45, 2.75) is 5.03 Å². The molecule has 0 spiro atoms. The molecule has 0 bridgehead atoms. The number of nitrogens with zero attached hydrogens (tertiary/aromatic N) is 5. The van der Waals surface area contributed by atoms with Crippen molar-refractivity contribution in [3.8, 4) is 28.8 Å². The van der Waals surface area contributed by atoms with Crippen molar-refractivity contribution >= 4 is 34.9 Å². The largest absolute Gasteiger partial charge is 0.465 e. The predicted molar refractivity (Wildman–Crippen MR) is 140 cm³/mol. The Labute approximate surface area is 216 Å². The molecule has 0 aliphatic carbocycles. The third-order valence-electron chi connectivity index (χ3n) is 5.45. The van der Waals surface area contributed by atoms with Crippen molar-refractivity contribution in [3.63, 3.8) is 0 Å². The zero-order valence-electron chi connectivity index (χ0n) is 19.9. The summed E-state index contributed by atoms with van der Waals surface area (Å²) in [7, 11) is 1.33. The molecular formula is C27H20N6O3S.